The molecule has 0 unspecified atom stereocenters. The monoisotopic (exact) mass is 406 g/mol. The summed E-state index contributed by atoms with van der Waals surface area (Å²) in [4.78, 5) is 11.1. The number of carbonyl (C=O) groups excluding carboxylic acids is 1. The van der Waals surface area contributed by atoms with Crippen molar-refractivity contribution in [3.63, 3.8) is 0 Å². The molecule has 0 aromatic heterocycles. The summed E-state index contributed by atoms with van der Waals surface area (Å²) >= 11 is 0. The van der Waals surface area contributed by atoms with Gasteiger partial charge in [-0.3, -0.25) is 0 Å². The van der Waals surface area contributed by atoms with E-state index in [1.165, 1.54) is 17.5 Å². The second kappa shape index (κ2) is 8.94. The Morgan fingerprint density at radius 2 is 1.27 bits per heavy atom. The third-order valence-electron chi connectivity index (χ3n) is 4.01. The Morgan fingerprint density at radius 3 is 1.65 bits per heavy atom. The molecular formula is C16H26N2O6S2. The number of carbonyl (C=O) groups is 1. The van der Waals surface area contributed by atoms with Crippen molar-refractivity contribution in [3.8, 4) is 0 Å². The fourth-order valence-corrected chi connectivity index (χ4v) is 6.27. The van der Waals surface area contributed by atoms with Gasteiger partial charge in [-0.15, -0.1) is 0 Å². The number of hydrogen-bond acceptors (Lipinski definition) is 6. The normalized spacial score (nSPS) is 12.6. The van der Waals surface area contributed by atoms with Crippen molar-refractivity contribution in [3.05, 3.63) is 23.8 Å². The molecule has 0 amide bonds. The van der Waals surface area contributed by atoms with Gasteiger partial charge in [0.15, 0.2) is 0 Å². The average molecular weight is 407 g/mol. The van der Waals surface area contributed by atoms with Crippen molar-refractivity contribution in [1.29, 1.82) is 0 Å². The Bertz CT molecular complexity index is 841. The molecule has 0 aliphatic carbocycles. The first kappa shape index (κ1) is 22.6. The maximum absolute atomic E-state index is 13.0. The van der Waals surface area contributed by atoms with Gasteiger partial charge in [0.2, 0.25) is 20.0 Å². The quantitative estimate of drug-likeness (QED) is 0.577. The predicted molar refractivity (Wildman–Crippen MR) is 98.0 cm³/mol. The minimum Gasteiger partial charge on any atom is -0.465 e. The number of ether oxygens (including phenoxy) is 1. The highest BCUT2D eigenvalue weighted by Gasteiger charge is 2.33. The highest BCUT2D eigenvalue weighted by atomic mass is 32.2. The molecule has 0 bridgehead atoms. The summed E-state index contributed by atoms with van der Waals surface area (Å²) in [6, 6.07) is 3.47. The van der Waals surface area contributed by atoms with E-state index < -0.39 is 30.9 Å². The molecule has 0 atom stereocenters. The smallest absolute Gasteiger partial charge is 0.337 e. The standard InChI is InChI=1S/C16H26N2O6S2/c1-6-17(7-2)25(20,21)14-11-10-13(16(19)24-5)12-15(14)26(22,23)18(8-3)9-4/h10-12H,6-9H2,1-5H3. The van der Waals surface area contributed by atoms with Crippen LogP contribution in [0.25, 0.3) is 0 Å². The molecule has 0 saturated heterocycles. The molecule has 0 aliphatic rings. The van der Waals surface area contributed by atoms with E-state index in [1.807, 2.05) is 0 Å². The number of hydrogen-bond donors (Lipinski definition) is 0. The Labute approximate surface area is 155 Å². The second-order valence-corrected chi connectivity index (χ2v) is 9.14. The van der Waals surface area contributed by atoms with E-state index in [2.05, 4.69) is 4.74 Å². The molecule has 0 saturated carbocycles. The number of rotatable bonds is 9. The van der Waals surface area contributed by atoms with Crippen molar-refractivity contribution in [1.82, 2.24) is 8.61 Å². The molecule has 1 rings (SSSR count). The molecule has 148 valence electrons. The third-order valence-corrected chi connectivity index (χ3v) is 8.34. The van der Waals surface area contributed by atoms with E-state index in [4.69, 9.17) is 0 Å². The van der Waals surface area contributed by atoms with Crippen molar-refractivity contribution < 1.29 is 26.4 Å². The predicted octanol–water partition coefficient (Wildman–Crippen LogP) is 1.53. The van der Waals surface area contributed by atoms with Gasteiger partial charge in [-0.05, 0) is 18.2 Å². The molecule has 1 aromatic carbocycles. The van der Waals surface area contributed by atoms with E-state index in [0.717, 1.165) is 16.4 Å². The number of esters is 1. The van der Waals surface area contributed by atoms with Gasteiger partial charge in [0.05, 0.1) is 12.7 Å². The molecule has 0 N–H and O–H groups in total. The van der Waals surface area contributed by atoms with E-state index in [1.54, 1.807) is 27.7 Å². The molecule has 0 heterocycles. The van der Waals surface area contributed by atoms with Crippen molar-refractivity contribution >= 4 is 26.0 Å². The van der Waals surface area contributed by atoms with Gasteiger partial charge in [0.25, 0.3) is 0 Å². The summed E-state index contributed by atoms with van der Waals surface area (Å²) in [6.45, 7) is 7.39. The zero-order valence-electron chi connectivity index (χ0n) is 15.7. The topological polar surface area (TPSA) is 101 Å². The Hall–Kier alpha value is -1.49. The van der Waals surface area contributed by atoms with Crippen LogP contribution >= 0.6 is 0 Å². The van der Waals surface area contributed by atoms with Crippen molar-refractivity contribution in [2.75, 3.05) is 33.3 Å². The summed E-state index contributed by atoms with van der Waals surface area (Å²) in [5, 5.41) is 0. The first-order chi connectivity index (χ1) is 12.1. The van der Waals surface area contributed by atoms with Gasteiger partial charge >= 0.3 is 5.97 Å². The lowest BCUT2D eigenvalue weighted by Crippen LogP contribution is -2.35. The first-order valence-corrected chi connectivity index (χ1v) is 11.2. The number of sulfonamides is 2. The van der Waals surface area contributed by atoms with Gasteiger partial charge in [0.1, 0.15) is 9.79 Å². The maximum atomic E-state index is 13.0. The Kier molecular flexibility index (Phi) is 7.75. The van der Waals surface area contributed by atoms with E-state index in [0.29, 0.717) is 0 Å². The van der Waals surface area contributed by atoms with Gasteiger partial charge in [-0.25, -0.2) is 21.6 Å². The summed E-state index contributed by atoms with van der Waals surface area (Å²) in [5.74, 6) is -0.743. The summed E-state index contributed by atoms with van der Waals surface area (Å²) < 4.78 is 58.8. The minimum absolute atomic E-state index is 0.0308. The van der Waals surface area contributed by atoms with Crippen LogP contribution in [0.3, 0.4) is 0 Å². The third kappa shape index (κ3) is 4.25. The first-order valence-electron chi connectivity index (χ1n) is 8.34. The van der Waals surface area contributed by atoms with Crippen LogP contribution in [0.15, 0.2) is 28.0 Å². The highest BCUT2D eigenvalue weighted by molar-refractivity contribution is 7.92. The zero-order chi connectivity index (χ0) is 20.1. The lowest BCUT2D eigenvalue weighted by atomic mass is 10.2. The number of nitrogens with zero attached hydrogens (tertiary/aromatic N) is 2. The lowest BCUT2D eigenvalue weighted by molar-refractivity contribution is 0.0600. The fourth-order valence-electron chi connectivity index (χ4n) is 2.57. The molecule has 10 heteroatoms. The molecule has 8 nitrogen and oxygen atoms in total. The summed E-state index contributed by atoms with van der Waals surface area (Å²) in [6.07, 6.45) is 0. The van der Waals surface area contributed by atoms with Gasteiger partial charge in [0, 0.05) is 26.2 Å². The molecule has 0 spiro atoms. The summed E-state index contributed by atoms with van der Waals surface area (Å²) in [5.41, 5.74) is -0.0308. The van der Waals surface area contributed by atoms with E-state index in [9.17, 15) is 21.6 Å². The maximum Gasteiger partial charge on any atom is 0.337 e. The van der Waals surface area contributed by atoms with E-state index >= 15 is 0 Å². The molecule has 0 radical (unpaired) electrons. The zero-order valence-corrected chi connectivity index (χ0v) is 17.4. The SMILES string of the molecule is CCN(CC)S(=O)(=O)c1ccc(C(=O)OC)cc1S(=O)(=O)N(CC)CC. The van der Waals surface area contributed by atoms with Crippen LogP contribution in [-0.2, 0) is 24.8 Å². The Morgan fingerprint density at radius 1 is 0.846 bits per heavy atom. The lowest BCUT2D eigenvalue weighted by Gasteiger charge is -2.24. The minimum atomic E-state index is -4.11. The fraction of sp³-hybridized carbons (Fsp3) is 0.562. The second-order valence-electron chi connectivity index (χ2n) is 5.33. The largest absolute Gasteiger partial charge is 0.465 e. The average Bonchev–Trinajstić information content (AvgIpc) is 2.62. The van der Waals surface area contributed by atoms with Crippen molar-refractivity contribution in [2.45, 2.75) is 37.5 Å². The van der Waals surface area contributed by atoms with Gasteiger partial charge in [-0.1, -0.05) is 27.7 Å². The van der Waals surface area contributed by atoms with Gasteiger partial charge < -0.3 is 4.74 Å². The summed E-state index contributed by atoms with van der Waals surface area (Å²) in [7, 11) is -6.98. The number of benzene rings is 1. The van der Waals surface area contributed by atoms with Crippen LogP contribution in [0.4, 0.5) is 0 Å². The Balaban J connectivity index is 3.81. The van der Waals surface area contributed by atoms with Gasteiger partial charge in [-0.2, -0.15) is 8.61 Å². The molecule has 0 aliphatic heterocycles. The molecule has 0 fully saturated rings. The molecular weight excluding hydrogens is 380 g/mol. The van der Waals surface area contributed by atoms with Crippen LogP contribution in [0.1, 0.15) is 38.1 Å². The van der Waals surface area contributed by atoms with Crippen LogP contribution in [-0.4, -0.2) is 64.7 Å². The van der Waals surface area contributed by atoms with Crippen LogP contribution in [0.5, 0.6) is 0 Å². The molecule has 26 heavy (non-hydrogen) atoms. The van der Waals surface area contributed by atoms with Crippen LogP contribution < -0.4 is 0 Å². The van der Waals surface area contributed by atoms with E-state index in [-0.39, 0.29) is 36.6 Å². The van der Waals surface area contributed by atoms with Crippen LogP contribution in [0.2, 0.25) is 0 Å². The highest BCUT2D eigenvalue weighted by Crippen LogP contribution is 2.28. The van der Waals surface area contributed by atoms with Crippen LogP contribution in [0, 0.1) is 0 Å². The van der Waals surface area contributed by atoms with Crippen molar-refractivity contribution in [2.24, 2.45) is 0 Å². The molecule has 1 aromatic rings. The number of methoxy groups -OCH3 is 1.